The molecule has 6 heteroatoms. The molecule has 2 atom stereocenters. The third kappa shape index (κ3) is 2.00. The van der Waals surface area contributed by atoms with Crippen molar-refractivity contribution in [3.8, 4) is 23.0 Å². The lowest BCUT2D eigenvalue weighted by atomic mass is 9.67. The molecule has 5 rings (SSSR count). The highest BCUT2D eigenvalue weighted by Crippen LogP contribution is 2.60. The van der Waals surface area contributed by atoms with Crippen LogP contribution in [0.15, 0.2) is 18.2 Å². The van der Waals surface area contributed by atoms with E-state index in [4.69, 9.17) is 9.47 Å². The third-order valence-electron chi connectivity index (χ3n) is 5.63. The van der Waals surface area contributed by atoms with Crippen LogP contribution >= 0.6 is 0 Å². The number of benzene rings is 2. The summed E-state index contributed by atoms with van der Waals surface area (Å²) in [6.45, 7) is 1.72. The molecule has 4 N–H and O–H groups in total. The number of aromatic hydroxyl groups is 3. The van der Waals surface area contributed by atoms with E-state index in [2.05, 4.69) is 0 Å². The van der Waals surface area contributed by atoms with Crippen LogP contribution in [0.5, 0.6) is 23.0 Å². The van der Waals surface area contributed by atoms with Gasteiger partial charge in [0.25, 0.3) is 0 Å². The Labute approximate surface area is 150 Å². The molecule has 3 aliphatic rings. The van der Waals surface area contributed by atoms with Gasteiger partial charge in [0.2, 0.25) is 0 Å². The van der Waals surface area contributed by atoms with Gasteiger partial charge < -0.3 is 29.9 Å². The van der Waals surface area contributed by atoms with E-state index in [0.29, 0.717) is 29.9 Å². The zero-order valence-corrected chi connectivity index (χ0v) is 14.7. The fourth-order valence-electron chi connectivity index (χ4n) is 4.39. The molecule has 0 saturated heterocycles. The molecule has 2 unspecified atom stereocenters. The van der Waals surface area contributed by atoms with Crippen LogP contribution in [-0.4, -0.2) is 34.1 Å². The number of phenols is 3. The molecule has 6 nitrogen and oxygen atoms in total. The Bertz CT molecular complexity index is 932. The van der Waals surface area contributed by atoms with Gasteiger partial charge in [-0.3, -0.25) is 0 Å². The minimum absolute atomic E-state index is 0.0217. The highest BCUT2D eigenvalue weighted by Gasteiger charge is 2.46. The first-order chi connectivity index (χ1) is 12.5. The summed E-state index contributed by atoms with van der Waals surface area (Å²) in [6.07, 6.45) is 5.36. The lowest BCUT2D eigenvalue weighted by molar-refractivity contribution is 0.00451. The van der Waals surface area contributed by atoms with E-state index in [1.165, 1.54) is 6.07 Å². The number of allylic oxidation sites excluding steroid dienone is 1. The van der Waals surface area contributed by atoms with Gasteiger partial charge in [-0.15, -0.1) is 0 Å². The summed E-state index contributed by atoms with van der Waals surface area (Å²) in [7, 11) is 1.57. The summed E-state index contributed by atoms with van der Waals surface area (Å²) in [5, 5.41) is 42.7. The van der Waals surface area contributed by atoms with E-state index < -0.39 is 12.2 Å². The van der Waals surface area contributed by atoms with Crippen LogP contribution in [0.2, 0.25) is 0 Å². The summed E-state index contributed by atoms with van der Waals surface area (Å²) in [5.74, 6) is -0.148. The molecule has 0 amide bonds. The van der Waals surface area contributed by atoms with Crippen LogP contribution in [0.25, 0.3) is 10.8 Å². The quantitative estimate of drug-likeness (QED) is 0.495. The lowest BCUT2D eigenvalue weighted by Crippen LogP contribution is -2.36. The van der Waals surface area contributed by atoms with Gasteiger partial charge in [-0.05, 0) is 25.8 Å². The van der Waals surface area contributed by atoms with E-state index in [1.807, 2.05) is 12.2 Å². The normalized spacial score (nSPS) is 23.4. The van der Waals surface area contributed by atoms with Gasteiger partial charge in [0.1, 0.15) is 28.6 Å². The van der Waals surface area contributed by atoms with Crippen LogP contribution in [0.1, 0.15) is 42.4 Å². The molecule has 26 heavy (non-hydrogen) atoms. The number of methoxy groups -OCH3 is 1. The first kappa shape index (κ1) is 17.0. The first-order valence-electron chi connectivity index (χ1n) is 8.74. The molecule has 0 radical (unpaired) electrons. The number of ether oxygens (including phenoxy) is 2. The monoisotopic (exact) mass is 358 g/mol. The molecule has 0 aliphatic heterocycles. The number of phenolic OH excluding ortho intramolecular Hbond substituents is 2. The van der Waals surface area contributed by atoms with Crippen LogP contribution < -0.4 is 4.74 Å². The second kappa shape index (κ2) is 5.79. The van der Waals surface area contributed by atoms with Crippen molar-refractivity contribution in [1.29, 1.82) is 0 Å². The van der Waals surface area contributed by atoms with Gasteiger partial charge in [0.05, 0.1) is 24.0 Å². The fourth-order valence-corrected chi connectivity index (χ4v) is 4.39. The Morgan fingerprint density at radius 1 is 1.15 bits per heavy atom. The Morgan fingerprint density at radius 2 is 1.92 bits per heavy atom. The molecule has 3 aliphatic carbocycles. The predicted molar refractivity (Wildman–Crippen MR) is 95.8 cm³/mol. The standard InChI is InChI=1S/C20H22O6/c1-3-26-12-8-11(9-21)17(22)15-14(12)18(23)13-10-4-6-20(25-2,7-5-10)16(13)19(15)24/h4,6,8,10,21-24H,3,5,7,9H2,1-2H3. The Hall–Kier alpha value is -2.44. The minimum Gasteiger partial charge on any atom is -0.507 e. The van der Waals surface area contributed by atoms with Gasteiger partial charge in [-0.1, -0.05) is 12.2 Å². The predicted octanol–water partition coefficient (Wildman–Crippen LogP) is 3.14. The van der Waals surface area contributed by atoms with Crippen LogP contribution in [0.3, 0.4) is 0 Å². The summed E-state index contributed by atoms with van der Waals surface area (Å²) in [6, 6.07) is 1.50. The molecule has 0 heterocycles. The summed E-state index contributed by atoms with van der Waals surface area (Å²) in [5.41, 5.74) is 0.477. The second-order valence-corrected chi connectivity index (χ2v) is 6.81. The SMILES string of the molecule is CCOc1cc(CO)c(O)c2c(O)c3c(c(O)c12)C1C=CC3(OC)CC1. The van der Waals surface area contributed by atoms with Gasteiger partial charge in [0.15, 0.2) is 0 Å². The van der Waals surface area contributed by atoms with E-state index in [0.717, 1.165) is 6.42 Å². The van der Waals surface area contributed by atoms with E-state index >= 15 is 0 Å². The van der Waals surface area contributed by atoms with Crippen molar-refractivity contribution < 1.29 is 29.9 Å². The van der Waals surface area contributed by atoms with Gasteiger partial charge in [-0.2, -0.15) is 0 Å². The summed E-state index contributed by atoms with van der Waals surface area (Å²) < 4.78 is 11.4. The maximum atomic E-state index is 11.1. The maximum Gasteiger partial charge on any atom is 0.134 e. The van der Waals surface area contributed by atoms with Crippen molar-refractivity contribution in [3.05, 3.63) is 34.9 Å². The molecular formula is C20H22O6. The van der Waals surface area contributed by atoms with Crippen molar-refractivity contribution >= 4 is 10.8 Å². The fraction of sp³-hybridized carbons (Fsp3) is 0.400. The number of aliphatic hydroxyl groups excluding tert-OH is 1. The number of aliphatic hydroxyl groups is 1. The smallest absolute Gasteiger partial charge is 0.134 e. The molecule has 0 fully saturated rings. The Kier molecular flexibility index (Phi) is 3.78. The molecule has 0 aromatic heterocycles. The minimum atomic E-state index is -0.840. The van der Waals surface area contributed by atoms with E-state index in [1.54, 1.807) is 14.0 Å². The number of hydrogen-bond acceptors (Lipinski definition) is 6. The average Bonchev–Trinajstić information content (AvgIpc) is 2.67. The van der Waals surface area contributed by atoms with Crippen molar-refractivity contribution in [1.82, 2.24) is 0 Å². The molecule has 2 aromatic rings. The average molecular weight is 358 g/mol. The Balaban J connectivity index is 2.19. The largest absolute Gasteiger partial charge is 0.507 e. The second-order valence-electron chi connectivity index (χ2n) is 6.81. The molecular weight excluding hydrogens is 336 g/mol. The zero-order valence-electron chi connectivity index (χ0n) is 14.7. The van der Waals surface area contributed by atoms with Crippen molar-refractivity contribution in [2.75, 3.05) is 13.7 Å². The number of rotatable bonds is 4. The highest BCUT2D eigenvalue weighted by molar-refractivity contribution is 6.05. The molecule has 138 valence electrons. The number of hydrogen-bond donors (Lipinski definition) is 4. The lowest BCUT2D eigenvalue weighted by Gasteiger charge is -2.43. The van der Waals surface area contributed by atoms with Gasteiger partial charge in [-0.25, -0.2) is 0 Å². The molecule has 2 aromatic carbocycles. The van der Waals surface area contributed by atoms with E-state index in [-0.39, 0.29) is 39.5 Å². The van der Waals surface area contributed by atoms with Crippen LogP contribution in [0.4, 0.5) is 0 Å². The molecule has 0 spiro atoms. The Morgan fingerprint density at radius 3 is 2.50 bits per heavy atom. The maximum absolute atomic E-state index is 11.1. The number of fused-ring (bicyclic) bond motifs is 2. The molecule has 2 bridgehead atoms. The van der Waals surface area contributed by atoms with Crippen molar-refractivity contribution in [3.63, 3.8) is 0 Å². The van der Waals surface area contributed by atoms with Crippen molar-refractivity contribution in [2.24, 2.45) is 0 Å². The highest BCUT2D eigenvalue weighted by atomic mass is 16.5. The van der Waals surface area contributed by atoms with Gasteiger partial charge >= 0.3 is 0 Å². The summed E-state index contributed by atoms with van der Waals surface area (Å²) in [4.78, 5) is 0. The topological polar surface area (TPSA) is 99.4 Å². The first-order valence-corrected chi connectivity index (χ1v) is 8.74. The summed E-state index contributed by atoms with van der Waals surface area (Å²) >= 11 is 0. The van der Waals surface area contributed by atoms with E-state index in [9.17, 15) is 20.4 Å². The van der Waals surface area contributed by atoms with Crippen LogP contribution in [0, 0.1) is 0 Å². The zero-order chi connectivity index (χ0) is 18.6. The van der Waals surface area contributed by atoms with Gasteiger partial charge in [0, 0.05) is 29.7 Å². The third-order valence-corrected chi connectivity index (χ3v) is 5.63. The van der Waals surface area contributed by atoms with Crippen molar-refractivity contribution in [2.45, 2.75) is 37.9 Å². The van der Waals surface area contributed by atoms with Crippen LogP contribution in [-0.2, 0) is 16.9 Å². The molecule has 0 saturated carbocycles.